The number of amides is 2. The molecule has 3 aromatic rings. The van der Waals surface area contributed by atoms with E-state index in [4.69, 9.17) is 14.6 Å². The summed E-state index contributed by atoms with van der Waals surface area (Å²) in [6, 6.07) is 2.70. The van der Waals surface area contributed by atoms with Crippen molar-refractivity contribution in [1.29, 1.82) is 0 Å². The van der Waals surface area contributed by atoms with E-state index in [1.807, 2.05) is 0 Å². The van der Waals surface area contributed by atoms with E-state index in [2.05, 4.69) is 25.6 Å². The van der Waals surface area contributed by atoms with Crippen molar-refractivity contribution in [3.8, 4) is 22.8 Å². The van der Waals surface area contributed by atoms with Gasteiger partial charge in [-0.3, -0.25) is 4.79 Å². The van der Waals surface area contributed by atoms with E-state index in [0.29, 0.717) is 77.5 Å². The monoisotopic (exact) mass is 511 g/mol. The van der Waals surface area contributed by atoms with E-state index in [9.17, 15) is 14.0 Å². The maximum atomic E-state index is 14.8. The van der Waals surface area contributed by atoms with Crippen LogP contribution in [0.4, 0.5) is 9.18 Å². The Kier molecular flexibility index (Phi) is 6.86. The van der Waals surface area contributed by atoms with Crippen molar-refractivity contribution in [1.82, 2.24) is 25.6 Å². The van der Waals surface area contributed by atoms with Crippen LogP contribution in [0.25, 0.3) is 22.3 Å². The molecule has 5 rings (SSSR count). The van der Waals surface area contributed by atoms with Gasteiger partial charge < -0.3 is 30.2 Å². The molecule has 2 fully saturated rings. The van der Waals surface area contributed by atoms with Crippen LogP contribution in [0.5, 0.6) is 11.5 Å². The lowest BCUT2D eigenvalue weighted by Crippen LogP contribution is -2.43. The molecule has 196 valence electrons. The minimum atomic E-state index is -1.03. The van der Waals surface area contributed by atoms with E-state index in [-0.39, 0.29) is 23.7 Å². The molecule has 37 heavy (non-hydrogen) atoms. The fourth-order valence-corrected chi connectivity index (χ4v) is 4.91. The van der Waals surface area contributed by atoms with Gasteiger partial charge in [0.25, 0.3) is 5.91 Å². The second-order valence-corrected chi connectivity index (χ2v) is 9.78. The number of carbonyl (C=O) groups is 2. The number of aromatic nitrogens is 3. The van der Waals surface area contributed by atoms with Gasteiger partial charge in [0.15, 0.2) is 11.6 Å². The van der Waals surface area contributed by atoms with Crippen LogP contribution in [0.1, 0.15) is 54.6 Å². The van der Waals surface area contributed by atoms with Crippen molar-refractivity contribution in [2.75, 3.05) is 13.7 Å². The van der Waals surface area contributed by atoms with Crippen molar-refractivity contribution in [2.45, 2.75) is 57.5 Å². The first-order valence-electron chi connectivity index (χ1n) is 12.5. The first-order valence-corrected chi connectivity index (χ1v) is 12.5. The van der Waals surface area contributed by atoms with Crippen LogP contribution >= 0.6 is 0 Å². The third kappa shape index (κ3) is 5.30. The number of rotatable bonds is 8. The summed E-state index contributed by atoms with van der Waals surface area (Å²) in [5, 5.41) is 14.5. The molecule has 2 saturated carbocycles. The number of nitrogens with zero attached hydrogens (tertiary/aromatic N) is 2. The summed E-state index contributed by atoms with van der Waals surface area (Å²) in [5.41, 5.74) is 2.85. The second kappa shape index (κ2) is 10.2. The predicted molar refractivity (Wildman–Crippen MR) is 133 cm³/mol. The smallest absolute Gasteiger partial charge is 0.404 e. The highest BCUT2D eigenvalue weighted by atomic mass is 19.1. The molecule has 4 N–H and O–H groups in total. The fourth-order valence-electron chi connectivity index (χ4n) is 4.91. The molecule has 0 aliphatic heterocycles. The van der Waals surface area contributed by atoms with Crippen molar-refractivity contribution < 1.29 is 28.6 Å². The Hall–Kier alpha value is -3.89. The highest BCUT2D eigenvalue weighted by molar-refractivity contribution is 6.09. The van der Waals surface area contributed by atoms with Crippen molar-refractivity contribution in [3.05, 3.63) is 35.5 Å². The van der Waals surface area contributed by atoms with Crippen molar-refractivity contribution in [2.24, 2.45) is 5.92 Å². The van der Waals surface area contributed by atoms with Gasteiger partial charge in [-0.05, 0) is 57.4 Å². The molecular weight excluding hydrogens is 481 g/mol. The Balaban J connectivity index is 1.43. The molecule has 0 saturated heterocycles. The van der Waals surface area contributed by atoms with Crippen LogP contribution in [0.3, 0.4) is 0 Å². The second-order valence-electron chi connectivity index (χ2n) is 9.78. The van der Waals surface area contributed by atoms with Gasteiger partial charge in [0, 0.05) is 29.4 Å². The molecule has 0 atom stereocenters. The Bertz CT molecular complexity index is 1330. The zero-order valence-electron chi connectivity index (χ0n) is 20.8. The molecule has 10 nitrogen and oxygen atoms in total. The van der Waals surface area contributed by atoms with Gasteiger partial charge in [-0.25, -0.2) is 19.2 Å². The molecule has 2 heterocycles. The zero-order valence-corrected chi connectivity index (χ0v) is 20.8. The molecule has 2 aliphatic rings. The number of methoxy groups -OCH3 is 1. The summed E-state index contributed by atoms with van der Waals surface area (Å²) in [6.07, 6.45) is 5.20. The first-order chi connectivity index (χ1) is 17.8. The normalized spacial score (nSPS) is 19.4. The molecular formula is C26H30FN5O5. The van der Waals surface area contributed by atoms with Crippen LogP contribution in [-0.2, 0) is 0 Å². The van der Waals surface area contributed by atoms with Crippen LogP contribution < -0.4 is 20.1 Å². The number of nitrogens with one attached hydrogen (secondary N) is 3. The number of H-pyrrole nitrogens is 1. The van der Waals surface area contributed by atoms with E-state index >= 15 is 0 Å². The van der Waals surface area contributed by atoms with Crippen LogP contribution in [0, 0.1) is 18.7 Å². The summed E-state index contributed by atoms with van der Waals surface area (Å²) < 4.78 is 26.0. The minimum absolute atomic E-state index is 0.0666. The molecule has 2 amide bonds. The van der Waals surface area contributed by atoms with E-state index in [1.165, 1.54) is 25.6 Å². The SMILES string of the molecule is COc1cc(OCC2CC2)c(-c2ncnc3c(C(=O)NC4CCC(NC(=O)O)CC4)c(C)[nH]c23)cc1F. The van der Waals surface area contributed by atoms with Gasteiger partial charge in [-0.1, -0.05) is 0 Å². The van der Waals surface area contributed by atoms with Crippen molar-refractivity contribution >= 4 is 23.0 Å². The average Bonchev–Trinajstić information content (AvgIpc) is 3.63. The lowest BCUT2D eigenvalue weighted by atomic mass is 9.91. The Labute approximate surface area is 213 Å². The molecule has 0 spiro atoms. The molecule has 0 radical (unpaired) electrons. The number of halogens is 1. The first kappa shape index (κ1) is 24.8. The average molecular weight is 512 g/mol. The number of carboxylic acid groups (broad SMARTS) is 1. The Morgan fingerprint density at radius 3 is 2.43 bits per heavy atom. The number of aromatic amines is 1. The standard InChI is InChI=1S/C26H30FN5O5/c1-13-21(25(33)31-15-5-7-16(8-6-15)32-26(34)35)23-24(30-13)22(28-12-29-23)17-9-18(27)20(36-2)10-19(17)37-11-14-3-4-14/h9-10,12,14-16,30,32H,3-8,11H2,1-2H3,(H,31,33)(H,34,35). The maximum absolute atomic E-state index is 14.8. The number of hydrogen-bond donors (Lipinski definition) is 4. The third-order valence-electron chi connectivity index (χ3n) is 7.07. The lowest BCUT2D eigenvalue weighted by molar-refractivity contribution is 0.0924. The van der Waals surface area contributed by atoms with Crippen LogP contribution in [-0.4, -0.2) is 57.9 Å². The number of ether oxygens (including phenoxy) is 2. The van der Waals surface area contributed by atoms with E-state index < -0.39 is 11.9 Å². The van der Waals surface area contributed by atoms with Crippen molar-refractivity contribution in [3.63, 3.8) is 0 Å². The molecule has 2 aromatic heterocycles. The lowest BCUT2D eigenvalue weighted by Gasteiger charge is -2.28. The van der Waals surface area contributed by atoms with Gasteiger partial charge in [-0.2, -0.15) is 0 Å². The predicted octanol–water partition coefficient (Wildman–Crippen LogP) is 4.18. The van der Waals surface area contributed by atoms with Gasteiger partial charge in [0.1, 0.15) is 23.3 Å². The maximum Gasteiger partial charge on any atom is 0.404 e. The third-order valence-corrected chi connectivity index (χ3v) is 7.07. The van der Waals surface area contributed by atoms with E-state index in [0.717, 1.165) is 12.8 Å². The highest BCUT2D eigenvalue weighted by Gasteiger charge is 2.28. The summed E-state index contributed by atoms with van der Waals surface area (Å²) in [7, 11) is 1.40. The van der Waals surface area contributed by atoms with Gasteiger partial charge in [0.05, 0.1) is 24.8 Å². The highest BCUT2D eigenvalue weighted by Crippen LogP contribution is 2.39. The molecule has 1 aromatic carbocycles. The number of hydrogen-bond acceptors (Lipinski definition) is 6. The quantitative estimate of drug-likeness (QED) is 0.356. The van der Waals surface area contributed by atoms with Crippen LogP contribution in [0.15, 0.2) is 18.5 Å². The molecule has 11 heteroatoms. The summed E-state index contributed by atoms with van der Waals surface area (Å²) in [5.74, 6) is 0.213. The summed E-state index contributed by atoms with van der Waals surface area (Å²) in [4.78, 5) is 36.2. The summed E-state index contributed by atoms with van der Waals surface area (Å²) in [6.45, 7) is 2.31. The topological polar surface area (TPSA) is 138 Å². The van der Waals surface area contributed by atoms with Gasteiger partial charge in [-0.15, -0.1) is 0 Å². The molecule has 0 bridgehead atoms. The van der Waals surface area contributed by atoms with E-state index in [1.54, 1.807) is 6.92 Å². The van der Waals surface area contributed by atoms with Gasteiger partial charge in [0.2, 0.25) is 0 Å². The largest absolute Gasteiger partial charge is 0.494 e. The summed E-state index contributed by atoms with van der Waals surface area (Å²) >= 11 is 0. The number of carbonyl (C=O) groups excluding carboxylic acids is 1. The fraction of sp³-hybridized carbons (Fsp3) is 0.462. The Morgan fingerprint density at radius 1 is 1.08 bits per heavy atom. The molecule has 2 aliphatic carbocycles. The number of benzene rings is 1. The number of aryl methyl sites for hydroxylation is 1. The van der Waals surface area contributed by atoms with Gasteiger partial charge >= 0.3 is 6.09 Å². The van der Waals surface area contributed by atoms with Crippen LogP contribution in [0.2, 0.25) is 0 Å². The Morgan fingerprint density at radius 2 is 1.78 bits per heavy atom. The molecule has 0 unspecified atom stereocenters. The minimum Gasteiger partial charge on any atom is -0.494 e. The number of fused-ring (bicyclic) bond motifs is 1. The zero-order chi connectivity index (χ0) is 26.1.